The van der Waals surface area contributed by atoms with Gasteiger partial charge in [0.15, 0.2) is 15.6 Å². The van der Waals surface area contributed by atoms with E-state index in [0.717, 1.165) is 22.3 Å². The highest BCUT2D eigenvalue weighted by molar-refractivity contribution is 7.94. The van der Waals surface area contributed by atoms with Crippen molar-refractivity contribution in [3.05, 3.63) is 89.8 Å². The van der Waals surface area contributed by atoms with Gasteiger partial charge in [-0.05, 0) is 29.0 Å². The third-order valence-electron chi connectivity index (χ3n) is 3.51. The predicted molar refractivity (Wildman–Crippen MR) is 91.0 cm³/mol. The van der Waals surface area contributed by atoms with E-state index in [0.29, 0.717) is 5.56 Å². The summed E-state index contributed by atoms with van der Waals surface area (Å²) in [5.41, 5.74) is 0.456. The first-order valence-electron chi connectivity index (χ1n) is 7.08. The fourth-order valence-corrected chi connectivity index (χ4v) is 3.28. The Morgan fingerprint density at radius 1 is 0.783 bits per heavy atom. The van der Waals surface area contributed by atoms with Gasteiger partial charge < -0.3 is 0 Å². The van der Waals surface area contributed by atoms with E-state index in [2.05, 4.69) is 0 Å². The van der Waals surface area contributed by atoms with Gasteiger partial charge in [-0.25, -0.2) is 8.42 Å². The van der Waals surface area contributed by atoms with Crippen molar-refractivity contribution < 1.29 is 13.2 Å². The molecule has 0 aliphatic rings. The minimum absolute atomic E-state index is 0.174. The van der Waals surface area contributed by atoms with Gasteiger partial charge in [0, 0.05) is 11.0 Å². The molecule has 0 saturated heterocycles. The molecule has 0 aliphatic carbocycles. The molecule has 3 nitrogen and oxygen atoms in total. The number of carbonyl (C=O) groups excluding carboxylic acids is 1. The summed E-state index contributed by atoms with van der Waals surface area (Å²) < 4.78 is 24.7. The number of ketones is 1. The summed E-state index contributed by atoms with van der Waals surface area (Å²) in [4.78, 5) is 12.2. The van der Waals surface area contributed by atoms with E-state index >= 15 is 0 Å². The van der Waals surface area contributed by atoms with Gasteiger partial charge in [-0.15, -0.1) is 0 Å². The Balaban J connectivity index is 1.91. The summed E-state index contributed by atoms with van der Waals surface area (Å²) in [7, 11) is -3.66. The molecule has 0 heterocycles. The van der Waals surface area contributed by atoms with E-state index in [-0.39, 0.29) is 10.7 Å². The van der Waals surface area contributed by atoms with Crippen molar-refractivity contribution in [3.8, 4) is 0 Å². The summed E-state index contributed by atoms with van der Waals surface area (Å²) in [5, 5.41) is 2.78. The van der Waals surface area contributed by atoms with Gasteiger partial charge in [0.2, 0.25) is 0 Å². The highest BCUT2D eigenvalue weighted by atomic mass is 32.2. The van der Waals surface area contributed by atoms with Crippen LogP contribution in [0.15, 0.2) is 89.2 Å². The highest BCUT2D eigenvalue weighted by Gasteiger charge is 2.12. The highest BCUT2D eigenvalue weighted by Crippen LogP contribution is 2.20. The lowest BCUT2D eigenvalue weighted by atomic mass is 10.1. The first-order chi connectivity index (χ1) is 11.1. The average Bonchev–Trinajstić information content (AvgIpc) is 2.60. The van der Waals surface area contributed by atoms with E-state index in [4.69, 9.17) is 0 Å². The lowest BCUT2D eigenvalue weighted by Gasteiger charge is -2.02. The second-order valence-electron chi connectivity index (χ2n) is 5.09. The van der Waals surface area contributed by atoms with Gasteiger partial charge >= 0.3 is 0 Å². The van der Waals surface area contributed by atoms with Crippen LogP contribution in [-0.4, -0.2) is 14.2 Å². The van der Waals surface area contributed by atoms with Crippen LogP contribution in [-0.2, 0) is 9.84 Å². The zero-order valence-corrected chi connectivity index (χ0v) is 13.0. The number of fused-ring (bicyclic) bond motifs is 1. The minimum atomic E-state index is -3.66. The van der Waals surface area contributed by atoms with Crippen LogP contribution in [0.5, 0.6) is 0 Å². The molecule has 0 unspecified atom stereocenters. The van der Waals surface area contributed by atoms with Crippen molar-refractivity contribution in [2.75, 3.05) is 0 Å². The average molecular weight is 322 g/mol. The molecule has 0 radical (unpaired) electrons. The van der Waals surface area contributed by atoms with Crippen LogP contribution in [0.1, 0.15) is 10.4 Å². The van der Waals surface area contributed by atoms with E-state index in [9.17, 15) is 13.2 Å². The Labute approximate surface area is 134 Å². The SMILES string of the molecule is O=C(/C=C/S(=O)(=O)c1ccc2ccccc2c1)c1ccccc1. The Morgan fingerprint density at radius 3 is 2.17 bits per heavy atom. The molecule has 3 rings (SSSR count). The normalized spacial score (nSPS) is 11.8. The largest absolute Gasteiger partial charge is 0.289 e. The van der Waals surface area contributed by atoms with Crippen LogP contribution in [0.2, 0.25) is 0 Å². The molecular formula is C19H14O3S. The van der Waals surface area contributed by atoms with Crippen LogP contribution < -0.4 is 0 Å². The molecule has 3 aromatic rings. The number of sulfone groups is 1. The zero-order chi connectivity index (χ0) is 16.3. The quantitative estimate of drug-likeness (QED) is 0.539. The second-order valence-corrected chi connectivity index (χ2v) is 6.92. The maximum Gasteiger partial charge on any atom is 0.199 e. The lowest BCUT2D eigenvalue weighted by molar-refractivity contribution is 0.104. The molecule has 0 bridgehead atoms. The monoisotopic (exact) mass is 322 g/mol. The van der Waals surface area contributed by atoms with Gasteiger partial charge in [0.25, 0.3) is 0 Å². The predicted octanol–water partition coefficient (Wildman–Crippen LogP) is 4.01. The summed E-state index contributed by atoms with van der Waals surface area (Å²) >= 11 is 0. The van der Waals surface area contributed by atoms with Crippen molar-refractivity contribution in [2.24, 2.45) is 0 Å². The number of carbonyl (C=O) groups is 1. The fraction of sp³-hybridized carbons (Fsp3) is 0. The zero-order valence-electron chi connectivity index (χ0n) is 12.2. The molecule has 3 aromatic carbocycles. The molecule has 0 amide bonds. The molecule has 0 saturated carbocycles. The third-order valence-corrected chi connectivity index (χ3v) is 4.91. The van der Waals surface area contributed by atoms with E-state index in [1.165, 1.54) is 0 Å². The van der Waals surface area contributed by atoms with Crippen molar-refractivity contribution in [1.82, 2.24) is 0 Å². The standard InChI is InChI=1S/C19H14O3S/c20-19(16-7-2-1-3-8-16)12-13-23(21,22)18-11-10-15-6-4-5-9-17(15)14-18/h1-14H/b13-12+. The smallest absolute Gasteiger partial charge is 0.199 e. The summed E-state index contributed by atoms with van der Waals surface area (Å²) in [6.45, 7) is 0. The van der Waals surface area contributed by atoms with E-state index in [1.54, 1.807) is 48.5 Å². The van der Waals surface area contributed by atoms with Crippen LogP contribution >= 0.6 is 0 Å². The number of hydrogen-bond donors (Lipinski definition) is 0. The van der Waals surface area contributed by atoms with Gasteiger partial charge in [0.05, 0.1) is 4.90 Å². The molecular weight excluding hydrogens is 308 g/mol. The van der Waals surface area contributed by atoms with Crippen LogP contribution in [0.4, 0.5) is 0 Å². The number of rotatable bonds is 4. The van der Waals surface area contributed by atoms with Gasteiger partial charge in [-0.1, -0.05) is 60.7 Å². The van der Waals surface area contributed by atoms with Gasteiger partial charge in [-0.3, -0.25) is 4.79 Å². The molecule has 0 fully saturated rings. The summed E-state index contributed by atoms with van der Waals surface area (Å²) in [6.07, 6.45) is 1.10. The lowest BCUT2D eigenvalue weighted by Crippen LogP contribution is -1.99. The summed E-state index contributed by atoms with van der Waals surface area (Å²) in [5.74, 6) is -0.338. The van der Waals surface area contributed by atoms with Crippen molar-refractivity contribution in [1.29, 1.82) is 0 Å². The van der Waals surface area contributed by atoms with Crippen molar-refractivity contribution in [3.63, 3.8) is 0 Å². The Hall–Kier alpha value is -2.72. The van der Waals surface area contributed by atoms with Crippen LogP contribution in [0.3, 0.4) is 0 Å². The Morgan fingerprint density at radius 2 is 1.43 bits per heavy atom. The van der Waals surface area contributed by atoms with Gasteiger partial charge in [-0.2, -0.15) is 0 Å². The first-order valence-corrected chi connectivity index (χ1v) is 8.62. The molecule has 0 aliphatic heterocycles. The van der Waals surface area contributed by atoms with Crippen molar-refractivity contribution in [2.45, 2.75) is 4.90 Å². The first kappa shape index (κ1) is 15.2. The number of benzene rings is 3. The molecule has 0 aromatic heterocycles. The fourth-order valence-electron chi connectivity index (χ4n) is 2.27. The molecule has 0 N–H and O–H groups in total. The van der Waals surface area contributed by atoms with E-state index < -0.39 is 9.84 Å². The Kier molecular flexibility index (Phi) is 4.08. The van der Waals surface area contributed by atoms with Gasteiger partial charge in [0.1, 0.15) is 0 Å². The van der Waals surface area contributed by atoms with Crippen LogP contribution in [0.25, 0.3) is 10.8 Å². The topological polar surface area (TPSA) is 51.2 Å². The summed E-state index contributed by atoms with van der Waals surface area (Å²) in [6, 6.07) is 21.0. The van der Waals surface area contributed by atoms with Crippen LogP contribution in [0, 0.1) is 0 Å². The maximum absolute atomic E-state index is 12.4. The van der Waals surface area contributed by atoms with E-state index in [1.807, 2.05) is 24.3 Å². The third kappa shape index (κ3) is 3.38. The molecule has 4 heteroatoms. The second kappa shape index (κ2) is 6.18. The number of allylic oxidation sites excluding steroid dienone is 1. The molecule has 0 atom stereocenters. The minimum Gasteiger partial charge on any atom is -0.289 e. The maximum atomic E-state index is 12.4. The molecule has 23 heavy (non-hydrogen) atoms. The van der Waals surface area contributed by atoms with Crippen molar-refractivity contribution >= 4 is 26.4 Å². The number of hydrogen-bond acceptors (Lipinski definition) is 3. The Bertz CT molecular complexity index is 987. The molecule has 0 spiro atoms. The molecule has 114 valence electrons.